The van der Waals surface area contributed by atoms with E-state index < -0.39 is 5.60 Å². The standard InChI is InChI=1S/C18H35N3O2/c1-18(2,3)23-17(22)21-11-8-15(14-21)7-9-19-12-16-6-5-10-20(4)13-16/h15-16,19H,5-14H2,1-4H3. The van der Waals surface area contributed by atoms with Crippen molar-refractivity contribution in [2.45, 2.75) is 52.1 Å². The van der Waals surface area contributed by atoms with E-state index in [4.69, 9.17) is 4.74 Å². The highest BCUT2D eigenvalue weighted by Crippen LogP contribution is 2.21. The summed E-state index contributed by atoms with van der Waals surface area (Å²) in [6.45, 7) is 12.1. The number of carbonyl (C=O) groups is 1. The summed E-state index contributed by atoms with van der Waals surface area (Å²) in [6.07, 6.45) is 4.79. The normalized spacial score (nSPS) is 26.5. The number of nitrogens with zero attached hydrogens (tertiary/aromatic N) is 2. The fourth-order valence-corrected chi connectivity index (χ4v) is 3.61. The number of hydrogen-bond donors (Lipinski definition) is 1. The molecule has 0 saturated carbocycles. The van der Waals surface area contributed by atoms with E-state index in [1.54, 1.807) is 0 Å². The highest BCUT2D eigenvalue weighted by atomic mass is 16.6. The van der Waals surface area contributed by atoms with Crippen LogP contribution in [0.25, 0.3) is 0 Å². The molecule has 2 aliphatic heterocycles. The zero-order chi connectivity index (χ0) is 16.9. The third-order valence-corrected chi connectivity index (χ3v) is 4.82. The van der Waals surface area contributed by atoms with Crippen molar-refractivity contribution in [2.75, 3.05) is 46.3 Å². The molecule has 0 bridgehead atoms. The molecule has 0 aromatic heterocycles. The Hall–Kier alpha value is -0.810. The Labute approximate surface area is 141 Å². The summed E-state index contributed by atoms with van der Waals surface area (Å²) in [7, 11) is 2.22. The van der Waals surface area contributed by atoms with Gasteiger partial charge in [-0.3, -0.25) is 0 Å². The molecule has 1 N–H and O–H groups in total. The molecule has 5 nitrogen and oxygen atoms in total. The van der Waals surface area contributed by atoms with Crippen LogP contribution in [0, 0.1) is 11.8 Å². The Kier molecular flexibility index (Phi) is 6.72. The van der Waals surface area contributed by atoms with Crippen molar-refractivity contribution in [3.05, 3.63) is 0 Å². The molecule has 2 saturated heterocycles. The highest BCUT2D eigenvalue weighted by Gasteiger charge is 2.29. The highest BCUT2D eigenvalue weighted by molar-refractivity contribution is 5.68. The van der Waals surface area contributed by atoms with Crippen LogP contribution in [-0.2, 0) is 4.74 Å². The lowest BCUT2D eigenvalue weighted by Gasteiger charge is -2.29. The molecule has 2 fully saturated rings. The van der Waals surface area contributed by atoms with Gasteiger partial charge < -0.3 is 19.9 Å². The van der Waals surface area contributed by atoms with Crippen LogP contribution in [0.1, 0.15) is 46.5 Å². The number of hydrogen-bond acceptors (Lipinski definition) is 4. The molecule has 0 radical (unpaired) electrons. The van der Waals surface area contributed by atoms with Crippen LogP contribution in [0.4, 0.5) is 4.79 Å². The summed E-state index contributed by atoms with van der Waals surface area (Å²) in [5.41, 5.74) is -0.399. The number of piperidine rings is 1. The van der Waals surface area contributed by atoms with E-state index in [0.29, 0.717) is 5.92 Å². The Morgan fingerprint density at radius 3 is 2.65 bits per heavy atom. The summed E-state index contributed by atoms with van der Waals surface area (Å²) in [4.78, 5) is 16.4. The van der Waals surface area contributed by atoms with Crippen molar-refractivity contribution in [2.24, 2.45) is 11.8 Å². The molecule has 23 heavy (non-hydrogen) atoms. The minimum absolute atomic E-state index is 0.154. The van der Waals surface area contributed by atoms with Crippen molar-refractivity contribution >= 4 is 6.09 Å². The van der Waals surface area contributed by atoms with Crippen molar-refractivity contribution in [3.8, 4) is 0 Å². The second-order valence-corrected chi connectivity index (χ2v) is 8.34. The van der Waals surface area contributed by atoms with E-state index in [2.05, 4.69) is 17.3 Å². The van der Waals surface area contributed by atoms with Gasteiger partial charge in [0.15, 0.2) is 0 Å². The molecule has 0 aromatic carbocycles. The minimum Gasteiger partial charge on any atom is -0.444 e. The predicted octanol–water partition coefficient (Wildman–Crippen LogP) is 2.56. The van der Waals surface area contributed by atoms with E-state index >= 15 is 0 Å². The van der Waals surface area contributed by atoms with E-state index in [1.807, 2.05) is 25.7 Å². The largest absolute Gasteiger partial charge is 0.444 e. The van der Waals surface area contributed by atoms with Crippen LogP contribution in [0.3, 0.4) is 0 Å². The van der Waals surface area contributed by atoms with Gasteiger partial charge in [-0.2, -0.15) is 0 Å². The molecule has 134 valence electrons. The Morgan fingerprint density at radius 1 is 1.17 bits per heavy atom. The Balaban J connectivity index is 1.58. The number of amides is 1. The first-order chi connectivity index (χ1) is 10.8. The van der Waals surface area contributed by atoms with Gasteiger partial charge in [-0.25, -0.2) is 4.79 Å². The molecule has 2 unspecified atom stereocenters. The van der Waals surface area contributed by atoms with Gasteiger partial charge >= 0.3 is 6.09 Å². The van der Waals surface area contributed by atoms with Gasteiger partial charge in [0.2, 0.25) is 0 Å². The monoisotopic (exact) mass is 325 g/mol. The van der Waals surface area contributed by atoms with Crippen LogP contribution < -0.4 is 5.32 Å². The van der Waals surface area contributed by atoms with Crippen LogP contribution >= 0.6 is 0 Å². The summed E-state index contributed by atoms with van der Waals surface area (Å²) in [5.74, 6) is 1.42. The maximum atomic E-state index is 12.1. The summed E-state index contributed by atoms with van der Waals surface area (Å²) in [5, 5.41) is 3.62. The smallest absolute Gasteiger partial charge is 0.410 e. The van der Waals surface area contributed by atoms with E-state index in [-0.39, 0.29) is 6.09 Å². The quantitative estimate of drug-likeness (QED) is 0.789. The summed E-state index contributed by atoms with van der Waals surface area (Å²) in [6, 6.07) is 0. The zero-order valence-electron chi connectivity index (χ0n) is 15.4. The topological polar surface area (TPSA) is 44.8 Å². The van der Waals surface area contributed by atoms with Crippen molar-refractivity contribution in [1.82, 2.24) is 15.1 Å². The predicted molar refractivity (Wildman–Crippen MR) is 93.6 cm³/mol. The van der Waals surface area contributed by atoms with Crippen molar-refractivity contribution in [3.63, 3.8) is 0 Å². The fraction of sp³-hybridized carbons (Fsp3) is 0.944. The molecule has 1 amide bonds. The molecule has 2 aliphatic rings. The number of ether oxygens (including phenoxy) is 1. The van der Waals surface area contributed by atoms with Gasteiger partial charge in [0.25, 0.3) is 0 Å². The van der Waals surface area contributed by atoms with Crippen LogP contribution in [0.2, 0.25) is 0 Å². The maximum absolute atomic E-state index is 12.1. The lowest BCUT2D eigenvalue weighted by Crippen LogP contribution is -2.38. The lowest BCUT2D eigenvalue weighted by molar-refractivity contribution is 0.0287. The lowest BCUT2D eigenvalue weighted by atomic mass is 9.98. The molecule has 2 atom stereocenters. The summed E-state index contributed by atoms with van der Waals surface area (Å²) < 4.78 is 5.45. The number of nitrogens with one attached hydrogen (secondary N) is 1. The molecular formula is C18H35N3O2. The van der Waals surface area contributed by atoms with E-state index in [0.717, 1.165) is 44.9 Å². The fourth-order valence-electron chi connectivity index (χ4n) is 3.61. The summed E-state index contributed by atoms with van der Waals surface area (Å²) >= 11 is 0. The first-order valence-electron chi connectivity index (χ1n) is 9.20. The molecule has 2 heterocycles. The van der Waals surface area contributed by atoms with Gasteiger partial charge in [0.1, 0.15) is 5.60 Å². The SMILES string of the molecule is CN1CCCC(CNCCC2CCN(C(=O)OC(C)(C)C)C2)C1. The second kappa shape index (κ2) is 8.34. The minimum atomic E-state index is -0.399. The van der Waals surface area contributed by atoms with Crippen molar-refractivity contribution < 1.29 is 9.53 Å². The van der Waals surface area contributed by atoms with Crippen LogP contribution in [0.15, 0.2) is 0 Å². The van der Waals surface area contributed by atoms with Gasteiger partial charge in [-0.15, -0.1) is 0 Å². The average molecular weight is 325 g/mol. The zero-order valence-corrected chi connectivity index (χ0v) is 15.4. The molecule has 0 spiro atoms. The number of likely N-dealkylation sites (tertiary alicyclic amines) is 2. The van der Waals surface area contributed by atoms with Crippen LogP contribution in [-0.4, -0.2) is 67.8 Å². The Bertz CT molecular complexity index is 381. The number of carbonyl (C=O) groups excluding carboxylic acids is 1. The van der Waals surface area contributed by atoms with E-state index in [1.165, 1.54) is 25.9 Å². The Morgan fingerprint density at radius 2 is 1.96 bits per heavy atom. The van der Waals surface area contributed by atoms with Crippen molar-refractivity contribution in [1.29, 1.82) is 0 Å². The third-order valence-electron chi connectivity index (χ3n) is 4.82. The maximum Gasteiger partial charge on any atom is 0.410 e. The third kappa shape index (κ3) is 6.68. The van der Waals surface area contributed by atoms with E-state index in [9.17, 15) is 4.79 Å². The first kappa shape index (κ1) is 18.5. The number of rotatable bonds is 5. The van der Waals surface area contributed by atoms with Gasteiger partial charge in [-0.1, -0.05) is 0 Å². The molecule has 0 aromatic rings. The van der Waals surface area contributed by atoms with Gasteiger partial charge in [0.05, 0.1) is 0 Å². The molecule has 0 aliphatic carbocycles. The first-order valence-corrected chi connectivity index (χ1v) is 9.20. The molecular weight excluding hydrogens is 290 g/mol. The molecule has 5 heteroatoms. The molecule has 2 rings (SSSR count). The van der Waals surface area contributed by atoms with Crippen LogP contribution in [0.5, 0.6) is 0 Å². The second-order valence-electron chi connectivity index (χ2n) is 8.34. The van der Waals surface area contributed by atoms with Gasteiger partial charge in [-0.05, 0) is 85.0 Å². The van der Waals surface area contributed by atoms with Gasteiger partial charge in [0, 0.05) is 19.6 Å². The average Bonchev–Trinajstić information content (AvgIpc) is 2.91.